The molecule has 4 rings (SSSR count). The number of nitriles is 3. The van der Waals surface area contributed by atoms with Crippen molar-refractivity contribution < 1.29 is 13.9 Å². The molecule has 0 radical (unpaired) electrons. The average Bonchev–Trinajstić information content (AvgIpc) is 2.98. The summed E-state index contributed by atoms with van der Waals surface area (Å²) >= 11 is 3.20. The van der Waals surface area contributed by atoms with Gasteiger partial charge in [-0.25, -0.2) is 4.39 Å². The van der Waals surface area contributed by atoms with Crippen LogP contribution in [0.2, 0.25) is 0 Å². The molecule has 2 heterocycles. The predicted molar refractivity (Wildman–Crippen MR) is 110 cm³/mol. The lowest BCUT2D eigenvalue weighted by atomic mass is 9.52. The van der Waals surface area contributed by atoms with Crippen LogP contribution >= 0.6 is 15.9 Å². The fraction of sp³-hybridized carbons (Fsp3) is 0.304. The molecule has 0 saturated carbocycles. The number of fused-ring (bicyclic) bond motifs is 2. The maximum absolute atomic E-state index is 15.1. The maximum Gasteiger partial charge on any atom is 0.244 e. The van der Waals surface area contributed by atoms with Crippen molar-refractivity contribution in [1.82, 2.24) is 0 Å². The minimum Gasteiger partial charge on any atom is -0.443 e. The van der Waals surface area contributed by atoms with Crippen LogP contribution in [0.5, 0.6) is 0 Å². The van der Waals surface area contributed by atoms with Crippen LogP contribution in [0.15, 0.2) is 53.0 Å². The number of nitrogens with one attached hydrogen (secondary N) is 1. The highest BCUT2D eigenvalue weighted by Crippen LogP contribution is 2.69. The summed E-state index contributed by atoms with van der Waals surface area (Å²) in [6, 6.07) is 18.9. The Kier molecular flexibility index (Phi) is 4.85. The number of ether oxygens (including phenoxy) is 2. The van der Waals surface area contributed by atoms with Crippen LogP contribution in [0.4, 0.5) is 4.39 Å². The zero-order valence-corrected chi connectivity index (χ0v) is 18.0. The van der Waals surface area contributed by atoms with Crippen LogP contribution in [0.1, 0.15) is 30.6 Å². The summed E-state index contributed by atoms with van der Waals surface area (Å²) in [4.78, 5) is 0. The number of nitrogens with zero attached hydrogens (tertiary/aromatic N) is 3. The highest BCUT2D eigenvalue weighted by Gasteiger charge is 2.80. The third-order valence-corrected chi connectivity index (χ3v) is 6.75. The number of hydrogen-bond donors (Lipinski definition) is 1. The van der Waals surface area contributed by atoms with Gasteiger partial charge in [0.15, 0.2) is 5.41 Å². The molecule has 4 unspecified atom stereocenters. The molecule has 154 valence electrons. The Hall–Kier alpha value is -3.25. The molecule has 2 fully saturated rings. The van der Waals surface area contributed by atoms with Gasteiger partial charge in [-0.1, -0.05) is 59.3 Å². The zero-order chi connectivity index (χ0) is 22.4. The summed E-state index contributed by atoms with van der Waals surface area (Å²) in [5.74, 6) is -3.68. The van der Waals surface area contributed by atoms with E-state index >= 15 is 4.39 Å². The van der Waals surface area contributed by atoms with E-state index in [2.05, 4.69) is 22.0 Å². The van der Waals surface area contributed by atoms with Crippen LogP contribution in [0, 0.1) is 62.0 Å². The first kappa shape index (κ1) is 21.0. The summed E-state index contributed by atoms with van der Waals surface area (Å²) in [7, 11) is 0. The van der Waals surface area contributed by atoms with E-state index in [-0.39, 0.29) is 12.0 Å². The van der Waals surface area contributed by atoms with Crippen molar-refractivity contribution in [1.29, 1.82) is 21.2 Å². The van der Waals surface area contributed by atoms with E-state index in [1.165, 1.54) is 12.1 Å². The van der Waals surface area contributed by atoms with Crippen LogP contribution in [0.25, 0.3) is 0 Å². The van der Waals surface area contributed by atoms with Gasteiger partial charge >= 0.3 is 0 Å². The van der Waals surface area contributed by atoms with Gasteiger partial charge in [0.2, 0.25) is 17.1 Å². The second-order valence-corrected chi connectivity index (χ2v) is 8.46. The molecule has 2 aliphatic rings. The number of rotatable bonds is 3. The highest BCUT2D eigenvalue weighted by molar-refractivity contribution is 9.10. The van der Waals surface area contributed by atoms with Crippen molar-refractivity contribution in [3.05, 3.63) is 69.9 Å². The fourth-order valence-electron chi connectivity index (χ4n) is 4.90. The molecule has 31 heavy (non-hydrogen) atoms. The van der Waals surface area contributed by atoms with Gasteiger partial charge in [-0.15, -0.1) is 0 Å². The fourth-order valence-corrected chi connectivity index (χ4v) is 5.23. The summed E-state index contributed by atoms with van der Waals surface area (Å²) in [5.41, 5.74) is -3.69. The third-order valence-electron chi connectivity index (χ3n) is 6.26. The third kappa shape index (κ3) is 2.45. The molecule has 0 aromatic heterocycles. The molecule has 0 amide bonds. The van der Waals surface area contributed by atoms with Gasteiger partial charge in [0.05, 0.1) is 24.1 Å². The Balaban J connectivity index is 2.09. The minimum absolute atomic E-state index is 0.0564. The van der Waals surface area contributed by atoms with Gasteiger partial charge in [0.25, 0.3) is 0 Å². The van der Waals surface area contributed by atoms with E-state index in [0.29, 0.717) is 10.0 Å². The van der Waals surface area contributed by atoms with Gasteiger partial charge < -0.3 is 9.47 Å². The molecule has 0 aliphatic carbocycles. The second kappa shape index (κ2) is 7.17. The first-order valence-electron chi connectivity index (χ1n) is 9.57. The lowest BCUT2D eigenvalue weighted by molar-refractivity contribution is -0.293. The molecule has 0 spiro atoms. The van der Waals surface area contributed by atoms with Crippen molar-refractivity contribution in [2.24, 2.45) is 16.7 Å². The first-order valence-corrected chi connectivity index (χ1v) is 10.4. The van der Waals surface area contributed by atoms with E-state index in [0.717, 1.165) is 0 Å². The summed E-state index contributed by atoms with van der Waals surface area (Å²) in [6.45, 7) is 1.78. The van der Waals surface area contributed by atoms with Gasteiger partial charge in [-0.05, 0) is 18.6 Å². The molecule has 2 aromatic rings. The highest BCUT2D eigenvalue weighted by atomic mass is 79.9. The molecule has 2 bridgehead atoms. The number of halogens is 2. The van der Waals surface area contributed by atoms with E-state index in [4.69, 9.17) is 14.9 Å². The Morgan fingerprint density at radius 2 is 1.77 bits per heavy atom. The van der Waals surface area contributed by atoms with Crippen molar-refractivity contribution in [3.8, 4) is 18.2 Å². The van der Waals surface area contributed by atoms with Crippen molar-refractivity contribution in [2.45, 2.75) is 25.2 Å². The standard InChI is InChI=1S/C23H16BrFN4O2/c1-2-18-22(13-28)20(29)31-23(18,14-6-4-3-5-7-14)30-19(21(22,11-26)12-27)16-9-8-15(24)10-17(16)25/h3-10,18-19,29H,2H2,1H3. The van der Waals surface area contributed by atoms with Crippen LogP contribution in [-0.4, -0.2) is 5.90 Å². The Bertz CT molecular complexity index is 1180. The Morgan fingerprint density at radius 1 is 1.10 bits per heavy atom. The minimum atomic E-state index is -2.21. The van der Waals surface area contributed by atoms with Gasteiger partial charge in [0.1, 0.15) is 11.9 Å². The van der Waals surface area contributed by atoms with Crippen molar-refractivity contribution in [3.63, 3.8) is 0 Å². The number of benzene rings is 2. The predicted octanol–water partition coefficient (Wildman–Crippen LogP) is 5.09. The Morgan fingerprint density at radius 3 is 2.32 bits per heavy atom. The van der Waals surface area contributed by atoms with E-state index in [1.807, 2.05) is 12.1 Å². The van der Waals surface area contributed by atoms with Gasteiger partial charge in [0, 0.05) is 15.6 Å². The van der Waals surface area contributed by atoms with Crippen molar-refractivity contribution >= 4 is 21.8 Å². The maximum atomic E-state index is 15.1. The van der Waals surface area contributed by atoms with E-state index in [9.17, 15) is 15.8 Å². The smallest absolute Gasteiger partial charge is 0.244 e. The SMILES string of the molecule is CCC1C2(c3ccccc3)OC(=N)C1(C#N)C(C#N)(C#N)C(c1ccc(Br)cc1F)O2. The molecule has 1 N–H and O–H groups in total. The van der Waals surface area contributed by atoms with Crippen molar-refractivity contribution in [2.75, 3.05) is 0 Å². The van der Waals surface area contributed by atoms with Crippen LogP contribution < -0.4 is 0 Å². The van der Waals surface area contributed by atoms with Crippen LogP contribution in [-0.2, 0) is 15.3 Å². The van der Waals surface area contributed by atoms with Gasteiger partial charge in [-0.2, -0.15) is 15.8 Å². The monoisotopic (exact) mass is 478 g/mol. The summed E-state index contributed by atoms with van der Waals surface area (Å²) in [6.07, 6.45) is -1.19. The average molecular weight is 479 g/mol. The zero-order valence-electron chi connectivity index (χ0n) is 16.4. The molecule has 2 aromatic carbocycles. The summed E-state index contributed by atoms with van der Waals surface area (Å²) in [5, 5.41) is 39.4. The largest absolute Gasteiger partial charge is 0.443 e. The summed E-state index contributed by atoms with van der Waals surface area (Å²) < 4.78 is 27.8. The van der Waals surface area contributed by atoms with E-state index < -0.39 is 40.4 Å². The van der Waals surface area contributed by atoms with Gasteiger partial charge in [-0.3, -0.25) is 5.41 Å². The molecular weight excluding hydrogens is 463 g/mol. The number of hydrogen-bond acceptors (Lipinski definition) is 6. The molecule has 2 aliphatic heterocycles. The first-order chi connectivity index (χ1) is 14.9. The Labute approximate surface area is 187 Å². The second-order valence-electron chi connectivity index (χ2n) is 7.54. The quantitative estimate of drug-likeness (QED) is 0.659. The molecule has 2 saturated heterocycles. The molecule has 8 heteroatoms. The topological polar surface area (TPSA) is 114 Å². The lowest BCUT2D eigenvalue weighted by Crippen LogP contribution is -2.58. The van der Waals surface area contributed by atoms with Crippen LogP contribution in [0.3, 0.4) is 0 Å². The normalized spacial score (nSPS) is 30.5. The lowest BCUT2D eigenvalue weighted by Gasteiger charge is -2.49. The molecule has 6 nitrogen and oxygen atoms in total. The molecular formula is C23H16BrFN4O2. The molecule has 4 atom stereocenters. The van der Waals surface area contributed by atoms with E-state index in [1.54, 1.807) is 43.3 Å².